The van der Waals surface area contributed by atoms with Crippen molar-refractivity contribution in [3.63, 3.8) is 0 Å². The van der Waals surface area contributed by atoms with Gasteiger partial charge in [-0.1, -0.05) is 23.7 Å². The van der Waals surface area contributed by atoms with Crippen LogP contribution >= 0.6 is 11.6 Å². The number of anilines is 1. The van der Waals surface area contributed by atoms with E-state index in [9.17, 15) is 14.4 Å². The van der Waals surface area contributed by atoms with Crippen molar-refractivity contribution in [3.05, 3.63) is 100 Å². The van der Waals surface area contributed by atoms with Gasteiger partial charge in [0, 0.05) is 50.4 Å². The number of rotatable bonds is 7. The van der Waals surface area contributed by atoms with Crippen molar-refractivity contribution >= 4 is 35.0 Å². The number of pyridine rings is 2. The van der Waals surface area contributed by atoms with Crippen LogP contribution in [-0.4, -0.2) is 55.4 Å². The first-order chi connectivity index (χ1) is 18.8. The number of hydrogen-bond acceptors (Lipinski definition) is 7. The number of Topliss-reactive ketones (excluding diaryl/α,β-unsaturated/α-hetero) is 1. The highest BCUT2D eigenvalue weighted by atomic mass is 35.5. The molecule has 1 N–H and O–H groups in total. The summed E-state index contributed by atoms with van der Waals surface area (Å²) in [5.41, 5.74) is 2.45. The summed E-state index contributed by atoms with van der Waals surface area (Å²) >= 11 is 6.51. The van der Waals surface area contributed by atoms with Gasteiger partial charge in [0.1, 0.15) is 11.6 Å². The Morgan fingerprint density at radius 2 is 1.97 bits per heavy atom. The number of nitrogens with one attached hydrogen (secondary N) is 1. The van der Waals surface area contributed by atoms with E-state index in [0.717, 1.165) is 0 Å². The number of benzene rings is 1. The number of hydrogen-bond donors (Lipinski definition) is 1. The molecule has 0 aliphatic carbocycles. The van der Waals surface area contributed by atoms with Crippen LogP contribution in [0.15, 0.2) is 67.1 Å². The average molecular weight is 545 g/mol. The van der Waals surface area contributed by atoms with Gasteiger partial charge in [-0.25, -0.2) is 4.98 Å². The third-order valence-electron chi connectivity index (χ3n) is 6.45. The maximum Gasteiger partial charge on any atom is 0.258 e. The maximum absolute atomic E-state index is 13.7. The minimum atomic E-state index is -0.743. The Kier molecular flexibility index (Phi) is 7.38. The fourth-order valence-corrected chi connectivity index (χ4v) is 4.84. The van der Waals surface area contributed by atoms with Crippen LogP contribution in [0.2, 0.25) is 5.02 Å². The smallest absolute Gasteiger partial charge is 0.258 e. The van der Waals surface area contributed by atoms with Crippen molar-refractivity contribution in [1.29, 1.82) is 0 Å². The van der Waals surface area contributed by atoms with Crippen LogP contribution in [0.25, 0.3) is 0 Å². The monoisotopic (exact) mass is 544 g/mol. The van der Waals surface area contributed by atoms with Gasteiger partial charge in [-0.2, -0.15) is 5.10 Å². The van der Waals surface area contributed by atoms with Crippen LogP contribution in [-0.2, 0) is 31.2 Å². The summed E-state index contributed by atoms with van der Waals surface area (Å²) < 4.78 is 6.70. The van der Waals surface area contributed by atoms with Crippen molar-refractivity contribution in [3.8, 4) is 5.75 Å². The number of carbonyl (C=O) groups is 3. The number of ketones is 1. The first-order valence-corrected chi connectivity index (χ1v) is 12.6. The second-order valence-electron chi connectivity index (χ2n) is 9.13. The van der Waals surface area contributed by atoms with Crippen LogP contribution in [0.5, 0.6) is 5.75 Å². The van der Waals surface area contributed by atoms with Crippen molar-refractivity contribution in [2.75, 3.05) is 12.4 Å². The molecule has 1 aliphatic rings. The summed E-state index contributed by atoms with van der Waals surface area (Å²) in [6.07, 6.45) is 5.13. The zero-order valence-electron chi connectivity index (χ0n) is 21.3. The van der Waals surface area contributed by atoms with Crippen molar-refractivity contribution in [2.24, 2.45) is 7.05 Å². The SMILES string of the molecule is COc1ccnc(NC(=O)c2ccc(CN3C(=O)c4cn(C)nc4CC(=O)C3Cc3ccccn3)cc2Cl)c1. The van der Waals surface area contributed by atoms with E-state index in [2.05, 4.69) is 20.4 Å². The summed E-state index contributed by atoms with van der Waals surface area (Å²) in [7, 11) is 3.24. The second-order valence-corrected chi connectivity index (χ2v) is 9.54. The van der Waals surface area contributed by atoms with Crippen LogP contribution in [0, 0.1) is 0 Å². The Hall–Kier alpha value is -4.57. The standard InChI is InChI=1S/C28H25ClN6O4/c1-34-16-21-23(33-34)14-25(36)24(12-18-5-3-4-9-30-18)35(28(21)38)15-17-6-7-20(22(29)11-17)27(37)32-26-13-19(39-2)8-10-31-26/h3-11,13,16,24H,12,14-15H2,1-2H3,(H,31,32,37). The Morgan fingerprint density at radius 3 is 2.72 bits per heavy atom. The summed E-state index contributed by atoms with van der Waals surface area (Å²) in [5.74, 6) is 0.000802. The van der Waals surface area contributed by atoms with E-state index in [1.54, 1.807) is 55.8 Å². The lowest BCUT2D eigenvalue weighted by molar-refractivity contribution is -0.122. The molecule has 5 rings (SSSR count). The fourth-order valence-electron chi connectivity index (χ4n) is 4.55. The van der Waals surface area contributed by atoms with Gasteiger partial charge in [0.15, 0.2) is 5.78 Å². The average Bonchev–Trinajstić information content (AvgIpc) is 3.27. The molecule has 198 valence electrons. The molecule has 4 heterocycles. The fraction of sp³-hybridized carbons (Fsp3) is 0.214. The molecule has 11 heteroatoms. The predicted octanol–water partition coefficient (Wildman–Crippen LogP) is 3.50. The number of nitrogens with zero attached hydrogens (tertiary/aromatic N) is 5. The minimum absolute atomic E-state index is 0.0497. The molecule has 2 amide bonds. The van der Waals surface area contributed by atoms with E-state index in [4.69, 9.17) is 16.3 Å². The minimum Gasteiger partial charge on any atom is -0.497 e. The van der Waals surface area contributed by atoms with E-state index in [1.165, 1.54) is 22.9 Å². The highest BCUT2D eigenvalue weighted by Crippen LogP contribution is 2.26. The van der Waals surface area contributed by atoms with Crippen molar-refractivity contribution in [1.82, 2.24) is 24.6 Å². The van der Waals surface area contributed by atoms with Gasteiger partial charge in [0.2, 0.25) is 0 Å². The normalized spacial score (nSPS) is 15.1. The first kappa shape index (κ1) is 26.1. The Labute approximate surface area is 229 Å². The molecule has 0 saturated heterocycles. The highest BCUT2D eigenvalue weighted by Gasteiger charge is 2.37. The molecular weight excluding hydrogens is 520 g/mol. The third kappa shape index (κ3) is 5.65. The molecule has 0 spiro atoms. The molecule has 4 aromatic rings. The number of halogens is 1. The van der Waals surface area contributed by atoms with Gasteiger partial charge < -0.3 is 15.0 Å². The van der Waals surface area contributed by atoms with Gasteiger partial charge in [-0.15, -0.1) is 0 Å². The van der Waals surface area contributed by atoms with E-state index < -0.39 is 11.9 Å². The van der Waals surface area contributed by atoms with Crippen molar-refractivity contribution in [2.45, 2.75) is 25.4 Å². The number of ether oxygens (including phenoxy) is 1. The quantitative estimate of drug-likeness (QED) is 0.378. The molecule has 1 unspecified atom stereocenters. The molecule has 1 aromatic carbocycles. The van der Waals surface area contributed by atoms with E-state index in [-0.39, 0.29) is 41.7 Å². The number of amides is 2. The van der Waals surface area contributed by atoms with Crippen molar-refractivity contribution < 1.29 is 19.1 Å². The van der Waals surface area contributed by atoms with E-state index >= 15 is 0 Å². The molecular formula is C28H25ClN6O4. The van der Waals surface area contributed by atoms with Gasteiger partial charge in [0.05, 0.1) is 41.4 Å². The summed E-state index contributed by atoms with van der Waals surface area (Å²) in [6, 6.07) is 12.9. The summed E-state index contributed by atoms with van der Waals surface area (Å²) in [6.45, 7) is 0.107. The lowest BCUT2D eigenvalue weighted by atomic mass is 10.0. The molecule has 0 radical (unpaired) electrons. The lowest BCUT2D eigenvalue weighted by Crippen LogP contribution is -2.45. The van der Waals surface area contributed by atoms with Crippen LogP contribution < -0.4 is 10.1 Å². The molecule has 1 aliphatic heterocycles. The number of aromatic nitrogens is 4. The Morgan fingerprint density at radius 1 is 1.13 bits per heavy atom. The number of aryl methyl sites for hydroxylation is 1. The molecule has 10 nitrogen and oxygen atoms in total. The van der Waals surface area contributed by atoms with Gasteiger partial charge in [-0.3, -0.25) is 24.0 Å². The predicted molar refractivity (Wildman–Crippen MR) is 144 cm³/mol. The van der Waals surface area contributed by atoms with Gasteiger partial charge in [-0.05, 0) is 35.9 Å². The first-order valence-electron chi connectivity index (χ1n) is 12.2. The molecule has 0 bridgehead atoms. The lowest BCUT2D eigenvalue weighted by Gasteiger charge is -2.29. The van der Waals surface area contributed by atoms with Crippen LogP contribution in [0.3, 0.4) is 0 Å². The Balaban J connectivity index is 1.42. The highest BCUT2D eigenvalue weighted by molar-refractivity contribution is 6.34. The topological polar surface area (TPSA) is 119 Å². The summed E-state index contributed by atoms with van der Waals surface area (Å²) in [4.78, 5) is 50.0. The molecule has 0 saturated carbocycles. The largest absolute Gasteiger partial charge is 0.497 e. The third-order valence-corrected chi connectivity index (χ3v) is 6.77. The zero-order chi connectivity index (χ0) is 27.5. The van der Waals surface area contributed by atoms with Crippen LogP contribution in [0.1, 0.15) is 37.7 Å². The number of methoxy groups -OCH3 is 1. The number of carbonyl (C=O) groups excluding carboxylic acids is 3. The molecule has 1 atom stereocenters. The zero-order valence-corrected chi connectivity index (χ0v) is 22.1. The molecule has 39 heavy (non-hydrogen) atoms. The van der Waals surface area contributed by atoms with E-state index in [1.807, 2.05) is 12.1 Å². The Bertz CT molecular complexity index is 1550. The van der Waals surface area contributed by atoms with E-state index in [0.29, 0.717) is 34.1 Å². The molecule has 3 aromatic heterocycles. The summed E-state index contributed by atoms with van der Waals surface area (Å²) in [5, 5.41) is 7.24. The van der Waals surface area contributed by atoms with Gasteiger partial charge >= 0.3 is 0 Å². The molecule has 0 fully saturated rings. The van der Waals surface area contributed by atoms with Gasteiger partial charge in [0.25, 0.3) is 11.8 Å². The number of fused-ring (bicyclic) bond motifs is 1. The maximum atomic E-state index is 13.7. The second kappa shape index (κ2) is 11.0. The van der Waals surface area contributed by atoms with Crippen LogP contribution in [0.4, 0.5) is 5.82 Å².